The largest absolute Gasteiger partial charge is 0.495 e. The standard InChI is InChI=1S/C18H22ClN3O3/c1-24-16-9-17(25-2)15(8-13(16)19)20-18(23)11-22-10-12-6-4-3-5-7-14(12)21-22/h8-10H,3-7,11H2,1-2H3,(H,20,23). The molecule has 1 N–H and O–H groups in total. The van der Waals surface area contributed by atoms with E-state index in [1.54, 1.807) is 16.8 Å². The molecule has 2 aromatic rings. The molecule has 3 rings (SSSR count). The Bertz CT molecular complexity index is 750. The third kappa shape index (κ3) is 4.07. The number of methoxy groups -OCH3 is 2. The zero-order valence-corrected chi connectivity index (χ0v) is 15.2. The number of nitrogens with one attached hydrogen (secondary N) is 1. The minimum atomic E-state index is -0.183. The molecule has 25 heavy (non-hydrogen) atoms. The van der Waals surface area contributed by atoms with Gasteiger partial charge >= 0.3 is 0 Å². The minimum Gasteiger partial charge on any atom is -0.495 e. The normalized spacial score (nSPS) is 13.7. The fraction of sp³-hybridized carbons (Fsp3) is 0.444. The van der Waals surface area contributed by atoms with Crippen molar-refractivity contribution >= 4 is 23.2 Å². The van der Waals surface area contributed by atoms with Crippen molar-refractivity contribution in [2.24, 2.45) is 0 Å². The van der Waals surface area contributed by atoms with Gasteiger partial charge in [-0.05, 0) is 37.3 Å². The van der Waals surface area contributed by atoms with Crippen LogP contribution in [0.4, 0.5) is 5.69 Å². The highest BCUT2D eigenvalue weighted by Gasteiger charge is 2.16. The van der Waals surface area contributed by atoms with E-state index in [1.165, 1.54) is 32.6 Å². The lowest BCUT2D eigenvalue weighted by atomic mass is 10.1. The van der Waals surface area contributed by atoms with Gasteiger partial charge in [0.15, 0.2) is 0 Å². The van der Waals surface area contributed by atoms with E-state index in [1.807, 2.05) is 6.20 Å². The van der Waals surface area contributed by atoms with Crippen LogP contribution in [0.15, 0.2) is 18.3 Å². The van der Waals surface area contributed by atoms with E-state index in [9.17, 15) is 4.79 Å². The van der Waals surface area contributed by atoms with Crippen molar-refractivity contribution in [3.8, 4) is 11.5 Å². The number of anilines is 1. The van der Waals surface area contributed by atoms with Crippen molar-refractivity contribution < 1.29 is 14.3 Å². The molecule has 1 aromatic heterocycles. The molecule has 0 aliphatic heterocycles. The average molecular weight is 364 g/mol. The molecule has 1 aromatic carbocycles. The molecule has 0 unspecified atom stereocenters. The molecule has 0 radical (unpaired) electrons. The molecule has 1 heterocycles. The van der Waals surface area contributed by atoms with Gasteiger partial charge in [0.25, 0.3) is 0 Å². The maximum absolute atomic E-state index is 12.4. The summed E-state index contributed by atoms with van der Waals surface area (Å²) in [4.78, 5) is 12.4. The van der Waals surface area contributed by atoms with Gasteiger partial charge in [0.1, 0.15) is 18.0 Å². The van der Waals surface area contributed by atoms with Crippen molar-refractivity contribution in [3.05, 3.63) is 34.6 Å². The molecule has 7 heteroatoms. The van der Waals surface area contributed by atoms with Crippen molar-refractivity contribution in [2.75, 3.05) is 19.5 Å². The highest BCUT2D eigenvalue weighted by atomic mass is 35.5. The smallest absolute Gasteiger partial charge is 0.246 e. The summed E-state index contributed by atoms with van der Waals surface area (Å²) in [5.74, 6) is 0.801. The fourth-order valence-corrected chi connectivity index (χ4v) is 3.32. The van der Waals surface area contributed by atoms with Gasteiger partial charge in [-0.2, -0.15) is 5.10 Å². The maximum Gasteiger partial charge on any atom is 0.246 e. The number of carbonyl (C=O) groups is 1. The number of hydrogen-bond acceptors (Lipinski definition) is 4. The van der Waals surface area contributed by atoms with Crippen LogP contribution < -0.4 is 14.8 Å². The van der Waals surface area contributed by atoms with Crippen molar-refractivity contribution in [1.82, 2.24) is 9.78 Å². The number of fused-ring (bicyclic) bond motifs is 1. The van der Waals surface area contributed by atoms with Gasteiger partial charge in [0.05, 0.1) is 30.6 Å². The van der Waals surface area contributed by atoms with Crippen molar-refractivity contribution in [3.63, 3.8) is 0 Å². The Labute approximate surface area is 152 Å². The van der Waals surface area contributed by atoms with E-state index < -0.39 is 0 Å². The van der Waals surface area contributed by atoms with Gasteiger partial charge in [-0.3, -0.25) is 9.48 Å². The van der Waals surface area contributed by atoms with Gasteiger partial charge in [-0.25, -0.2) is 0 Å². The summed E-state index contributed by atoms with van der Waals surface area (Å²) in [6.45, 7) is 0.153. The van der Waals surface area contributed by atoms with Gasteiger partial charge < -0.3 is 14.8 Å². The monoisotopic (exact) mass is 363 g/mol. The first-order chi connectivity index (χ1) is 12.1. The Morgan fingerprint density at radius 3 is 2.72 bits per heavy atom. The highest BCUT2D eigenvalue weighted by molar-refractivity contribution is 6.32. The molecule has 1 amide bonds. The number of benzene rings is 1. The van der Waals surface area contributed by atoms with E-state index in [-0.39, 0.29) is 12.5 Å². The maximum atomic E-state index is 12.4. The van der Waals surface area contributed by atoms with Crippen LogP contribution in [0.5, 0.6) is 11.5 Å². The number of nitrogens with zero attached hydrogens (tertiary/aromatic N) is 2. The van der Waals surface area contributed by atoms with Gasteiger partial charge in [0.2, 0.25) is 5.91 Å². The van der Waals surface area contributed by atoms with Crippen molar-refractivity contribution in [2.45, 2.75) is 38.6 Å². The Hall–Kier alpha value is -2.21. The van der Waals surface area contributed by atoms with E-state index >= 15 is 0 Å². The summed E-state index contributed by atoms with van der Waals surface area (Å²) in [6.07, 6.45) is 7.61. The predicted molar refractivity (Wildman–Crippen MR) is 96.7 cm³/mol. The third-order valence-corrected chi connectivity index (χ3v) is 4.63. The van der Waals surface area contributed by atoms with Crippen LogP contribution in [-0.4, -0.2) is 29.9 Å². The minimum absolute atomic E-state index is 0.153. The lowest BCUT2D eigenvalue weighted by molar-refractivity contribution is -0.116. The molecule has 0 fully saturated rings. The van der Waals surface area contributed by atoms with Crippen LogP contribution in [0.2, 0.25) is 5.02 Å². The second-order valence-corrected chi connectivity index (χ2v) is 6.50. The lowest BCUT2D eigenvalue weighted by Gasteiger charge is -2.13. The van der Waals surface area contributed by atoms with Gasteiger partial charge in [-0.1, -0.05) is 18.0 Å². The summed E-state index contributed by atoms with van der Waals surface area (Å²) in [6, 6.07) is 3.27. The van der Waals surface area contributed by atoms with Crippen molar-refractivity contribution in [1.29, 1.82) is 0 Å². The van der Waals surface area contributed by atoms with Crippen LogP contribution in [0.1, 0.15) is 30.5 Å². The van der Waals surface area contributed by atoms with Crippen LogP contribution in [0, 0.1) is 0 Å². The molecule has 134 valence electrons. The lowest BCUT2D eigenvalue weighted by Crippen LogP contribution is -2.19. The number of ether oxygens (including phenoxy) is 2. The van der Waals surface area contributed by atoms with E-state index in [4.69, 9.17) is 21.1 Å². The average Bonchev–Trinajstić information content (AvgIpc) is 2.83. The molecule has 1 aliphatic rings. The molecule has 1 aliphatic carbocycles. The molecule has 0 atom stereocenters. The zero-order chi connectivity index (χ0) is 17.8. The number of halogens is 1. The number of rotatable bonds is 5. The summed E-state index contributed by atoms with van der Waals surface area (Å²) in [5.41, 5.74) is 2.89. The van der Waals surface area contributed by atoms with E-state index in [2.05, 4.69) is 10.4 Å². The second kappa shape index (κ2) is 7.78. The number of aryl methyl sites for hydroxylation is 2. The molecule has 0 bridgehead atoms. The van der Waals surface area contributed by atoms with Crippen LogP contribution in [0.25, 0.3) is 0 Å². The Kier molecular flexibility index (Phi) is 5.48. The van der Waals surface area contributed by atoms with Crippen LogP contribution in [0.3, 0.4) is 0 Å². The Morgan fingerprint density at radius 1 is 1.20 bits per heavy atom. The molecule has 0 saturated carbocycles. The van der Waals surface area contributed by atoms with Crippen LogP contribution in [-0.2, 0) is 24.2 Å². The summed E-state index contributed by atoms with van der Waals surface area (Å²) >= 11 is 6.14. The zero-order valence-electron chi connectivity index (χ0n) is 14.5. The first kappa shape index (κ1) is 17.6. The number of carbonyl (C=O) groups excluding carboxylic acids is 1. The molecular weight excluding hydrogens is 342 g/mol. The predicted octanol–water partition coefficient (Wildman–Crippen LogP) is 3.46. The number of amides is 1. The molecule has 6 nitrogen and oxygen atoms in total. The molecular formula is C18H22ClN3O3. The van der Waals surface area contributed by atoms with Crippen LogP contribution >= 0.6 is 11.6 Å². The highest BCUT2D eigenvalue weighted by Crippen LogP contribution is 2.35. The van der Waals surface area contributed by atoms with E-state index in [0.717, 1.165) is 25.0 Å². The topological polar surface area (TPSA) is 65.4 Å². The summed E-state index contributed by atoms with van der Waals surface area (Å²) < 4.78 is 12.2. The SMILES string of the molecule is COc1cc(OC)c(NC(=O)Cn2cc3c(n2)CCCCC3)cc1Cl. The fourth-order valence-electron chi connectivity index (χ4n) is 3.08. The Morgan fingerprint density at radius 2 is 1.96 bits per heavy atom. The molecule has 0 spiro atoms. The quantitative estimate of drug-likeness (QED) is 0.826. The van der Waals surface area contributed by atoms with Gasteiger partial charge in [0, 0.05) is 12.3 Å². The number of aromatic nitrogens is 2. The Balaban J connectivity index is 1.71. The molecule has 0 saturated heterocycles. The first-order valence-electron chi connectivity index (χ1n) is 8.37. The second-order valence-electron chi connectivity index (χ2n) is 6.09. The summed E-state index contributed by atoms with van der Waals surface area (Å²) in [5, 5.41) is 7.80. The van der Waals surface area contributed by atoms with E-state index in [0.29, 0.717) is 22.2 Å². The van der Waals surface area contributed by atoms with Gasteiger partial charge in [-0.15, -0.1) is 0 Å². The number of hydrogen-bond donors (Lipinski definition) is 1. The first-order valence-corrected chi connectivity index (χ1v) is 8.75. The summed E-state index contributed by atoms with van der Waals surface area (Å²) in [7, 11) is 3.06. The third-order valence-electron chi connectivity index (χ3n) is 4.34.